The molecule has 2 aliphatic rings. The van der Waals surface area contributed by atoms with Crippen LogP contribution in [-0.2, 0) is 4.74 Å². The van der Waals surface area contributed by atoms with Gasteiger partial charge in [-0.15, -0.1) is 0 Å². The molecule has 2 fully saturated rings. The Labute approximate surface area is 207 Å². The predicted molar refractivity (Wildman–Crippen MR) is 133 cm³/mol. The van der Waals surface area contributed by atoms with Gasteiger partial charge in [-0.1, -0.05) is 6.92 Å². The summed E-state index contributed by atoms with van der Waals surface area (Å²) in [5.41, 5.74) is 1.56. The normalized spacial score (nSPS) is 17.5. The van der Waals surface area contributed by atoms with E-state index in [1.165, 1.54) is 19.2 Å². The molecule has 0 N–H and O–H groups in total. The molecular weight excluding hydrogens is 446 g/mol. The zero-order valence-electron chi connectivity index (χ0n) is 21.5. The molecule has 190 valence electrons. The highest BCUT2D eigenvalue weighted by atomic mass is 16.6. The minimum atomic E-state index is -0.266. The van der Waals surface area contributed by atoms with Crippen LogP contribution >= 0.6 is 0 Å². The third-order valence-corrected chi connectivity index (χ3v) is 6.64. The van der Waals surface area contributed by atoms with Gasteiger partial charge >= 0.3 is 6.09 Å². The molecule has 1 amide bonds. The summed E-state index contributed by atoms with van der Waals surface area (Å²) in [6, 6.07) is 3.98. The maximum absolute atomic E-state index is 12.1. The lowest BCUT2D eigenvalue weighted by molar-refractivity contribution is 0.0505. The SMILES string of the molecule is Cc1nc(N2CCC(C)CC2)ccc1Oc1ncnc(OC2CCN(C(=O)OC(C)C)CC2)c1C. The summed E-state index contributed by atoms with van der Waals surface area (Å²) in [6.07, 6.45) is 4.86. The van der Waals surface area contributed by atoms with Gasteiger partial charge in [0.2, 0.25) is 11.8 Å². The van der Waals surface area contributed by atoms with Crippen molar-refractivity contribution in [3.8, 4) is 17.5 Å². The van der Waals surface area contributed by atoms with Gasteiger partial charge in [-0.3, -0.25) is 0 Å². The Morgan fingerprint density at radius 1 is 1.00 bits per heavy atom. The average molecular weight is 484 g/mol. The van der Waals surface area contributed by atoms with Crippen LogP contribution in [0.4, 0.5) is 10.6 Å². The van der Waals surface area contributed by atoms with Crippen LogP contribution < -0.4 is 14.4 Å². The number of amides is 1. The molecule has 9 heteroatoms. The van der Waals surface area contributed by atoms with Gasteiger partial charge in [0.15, 0.2) is 5.75 Å². The van der Waals surface area contributed by atoms with E-state index in [9.17, 15) is 4.79 Å². The van der Waals surface area contributed by atoms with Crippen molar-refractivity contribution in [1.82, 2.24) is 19.9 Å². The predicted octanol–water partition coefficient (Wildman–Crippen LogP) is 4.91. The van der Waals surface area contributed by atoms with Gasteiger partial charge in [-0.2, -0.15) is 0 Å². The Morgan fingerprint density at radius 2 is 1.69 bits per heavy atom. The van der Waals surface area contributed by atoms with Crippen molar-refractivity contribution in [2.75, 3.05) is 31.1 Å². The first kappa shape index (κ1) is 25.0. The first-order chi connectivity index (χ1) is 16.8. The Morgan fingerprint density at radius 3 is 2.34 bits per heavy atom. The molecule has 0 aliphatic carbocycles. The molecule has 0 saturated carbocycles. The molecule has 9 nitrogen and oxygen atoms in total. The van der Waals surface area contributed by atoms with Crippen LogP contribution in [0.2, 0.25) is 0 Å². The third-order valence-electron chi connectivity index (χ3n) is 6.64. The Hall–Kier alpha value is -3.10. The topological polar surface area (TPSA) is 89.9 Å². The van der Waals surface area contributed by atoms with Crippen LogP contribution in [0, 0.1) is 19.8 Å². The Kier molecular flexibility index (Phi) is 7.93. The number of ether oxygens (including phenoxy) is 3. The molecule has 2 aromatic rings. The van der Waals surface area contributed by atoms with Gasteiger partial charge in [0.05, 0.1) is 17.4 Å². The number of hydrogen-bond acceptors (Lipinski definition) is 8. The van der Waals surface area contributed by atoms with Crippen LogP contribution in [0.5, 0.6) is 17.5 Å². The van der Waals surface area contributed by atoms with E-state index in [0.29, 0.717) is 43.4 Å². The number of carbonyl (C=O) groups excluding carboxylic acids is 1. The monoisotopic (exact) mass is 483 g/mol. The number of aromatic nitrogens is 3. The number of anilines is 1. The number of aryl methyl sites for hydroxylation is 1. The lowest BCUT2D eigenvalue weighted by atomic mass is 9.99. The summed E-state index contributed by atoms with van der Waals surface area (Å²) < 4.78 is 17.6. The summed E-state index contributed by atoms with van der Waals surface area (Å²) in [5, 5.41) is 0. The van der Waals surface area contributed by atoms with Crippen molar-refractivity contribution >= 4 is 11.9 Å². The van der Waals surface area contributed by atoms with E-state index in [0.717, 1.165) is 36.1 Å². The van der Waals surface area contributed by atoms with Crippen LogP contribution in [-0.4, -0.2) is 64.3 Å². The van der Waals surface area contributed by atoms with E-state index in [-0.39, 0.29) is 18.3 Å². The summed E-state index contributed by atoms with van der Waals surface area (Å²) >= 11 is 0. The van der Waals surface area contributed by atoms with E-state index < -0.39 is 0 Å². The zero-order valence-corrected chi connectivity index (χ0v) is 21.5. The van der Waals surface area contributed by atoms with Crippen molar-refractivity contribution in [1.29, 1.82) is 0 Å². The fourth-order valence-electron chi connectivity index (χ4n) is 4.39. The fourth-order valence-corrected chi connectivity index (χ4v) is 4.39. The lowest BCUT2D eigenvalue weighted by Gasteiger charge is -2.32. The number of carbonyl (C=O) groups is 1. The summed E-state index contributed by atoms with van der Waals surface area (Å²) in [6.45, 7) is 13.1. The standard InChI is InChI=1S/C26H37N5O4/c1-17(2)33-26(32)31-14-10-21(11-15-31)34-24-19(4)25(28-16-27-24)35-22-6-7-23(29-20(22)5)30-12-8-18(3)9-13-30/h6-7,16-18,21H,8-15H2,1-5H3. The molecule has 0 atom stereocenters. The van der Waals surface area contributed by atoms with Crippen molar-refractivity contribution in [3.63, 3.8) is 0 Å². The smallest absolute Gasteiger partial charge is 0.410 e. The average Bonchev–Trinajstić information content (AvgIpc) is 2.83. The van der Waals surface area contributed by atoms with Gasteiger partial charge in [0, 0.05) is 39.0 Å². The molecule has 2 aromatic heterocycles. The van der Waals surface area contributed by atoms with Gasteiger partial charge in [0.25, 0.3) is 0 Å². The first-order valence-corrected chi connectivity index (χ1v) is 12.6. The molecule has 0 bridgehead atoms. The van der Waals surface area contributed by atoms with Gasteiger partial charge in [-0.25, -0.2) is 19.7 Å². The Balaban J connectivity index is 1.37. The minimum Gasteiger partial charge on any atom is -0.474 e. The second-order valence-electron chi connectivity index (χ2n) is 9.87. The molecule has 2 aliphatic heterocycles. The zero-order chi connectivity index (χ0) is 24.9. The lowest BCUT2D eigenvalue weighted by Crippen LogP contribution is -2.42. The second-order valence-corrected chi connectivity index (χ2v) is 9.87. The minimum absolute atomic E-state index is 0.0329. The van der Waals surface area contributed by atoms with Crippen molar-refractivity contribution in [2.24, 2.45) is 5.92 Å². The molecule has 0 spiro atoms. The largest absolute Gasteiger partial charge is 0.474 e. The molecule has 2 saturated heterocycles. The second kappa shape index (κ2) is 11.1. The Bertz CT molecular complexity index is 1010. The number of hydrogen-bond donors (Lipinski definition) is 0. The summed E-state index contributed by atoms with van der Waals surface area (Å²) in [5.74, 6) is 3.40. The van der Waals surface area contributed by atoms with Crippen LogP contribution in [0.3, 0.4) is 0 Å². The van der Waals surface area contributed by atoms with Gasteiger partial charge < -0.3 is 24.0 Å². The van der Waals surface area contributed by atoms with E-state index >= 15 is 0 Å². The number of nitrogens with zero attached hydrogens (tertiary/aromatic N) is 5. The molecular formula is C26H37N5O4. The van der Waals surface area contributed by atoms with Crippen LogP contribution in [0.15, 0.2) is 18.5 Å². The molecule has 0 radical (unpaired) electrons. The van der Waals surface area contributed by atoms with Crippen LogP contribution in [0.1, 0.15) is 57.7 Å². The maximum Gasteiger partial charge on any atom is 0.410 e. The van der Waals surface area contributed by atoms with Gasteiger partial charge in [-0.05, 0) is 58.6 Å². The molecule has 4 rings (SSSR count). The van der Waals surface area contributed by atoms with E-state index in [2.05, 4.69) is 21.8 Å². The summed E-state index contributed by atoms with van der Waals surface area (Å²) in [4.78, 5) is 29.6. The van der Waals surface area contributed by atoms with E-state index in [1.807, 2.05) is 39.8 Å². The van der Waals surface area contributed by atoms with Crippen molar-refractivity contribution < 1.29 is 19.0 Å². The van der Waals surface area contributed by atoms with Gasteiger partial charge in [0.1, 0.15) is 18.2 Å². The maximum atomic E-state index is 12.1. The highest BCUT2D eigenvalue weighted by Crippen LogP contribution is 2.32. The first-order valence-electron chi connectivity index (χ1n) is 12.6. The molecule has 4 heterocycles. The number of pyridine rings is 1. The quantitative estimate of drug-likeness (QED) is 0.573. The van der Waals surface area contributed by atoms with E-state index in [1.54, 1.807) is 4.90 Å². The van der Waals surface area contributed by atoms with Crippen LogP contribution in [0.25, 0.3) is 0 Å². The highest BCUT2D eigenvalue weighted by molar-refractivity contribution is 5.67. The third kappa shape index (κ3) is 6.32. The molecule has 0 aromatic carbocycles. The fraction of sp³-hybridized carbons (Fsp3) is 0.615. The highest BCUT2D eigenvalue weighted by Gasteiger charge is 2.26. The number of rotatable bonds is 6. The number of piperidine rings is 2. The van der Waals surface area contributed by atoms with E-state index in [4.69, 9.17) is 19.2 Å². The summed E-state index contributed by atoms with van der Waals surface area (Å²) in [7, 11) is 0. The van der Waals surface area contributed by atoms with Crippen molar-refractivity contribution in [3.05, 3.63) is 29.7 Å². The number of likely N-dealkylation sites (tertiary alicyclic amines) is 1. The molecule has 35 heavy (non-hydrogen) atoms. The molecule has 0 unspecified atom stereocenters. The van der Waals surface area contributed by atoms with Crippen molar-refractivity contribution in [2.45, 2.75) is 72.5 Å².